The smallest absolute Gasteiger partial charge is 0.180 e. The maximum Gasteiger partial charge on any atom is 0.180 e. The van der Waals surface area contributed by atoms with Gasteiger partial charge in [0.2, 0.25) is 0 Å². The molecule has 0 spiro atoms. The average Bonchev–Trinajstić information content (AvgIpc) is 1.99. The number of nitrogens with two attached hydrogens (primary N) is 1. The lowest BCUT2D eigenvalue weighted by Gasteiger charge is -2.21. The highest BCUT2D eigenvalue weighted by Gasteiger charge is 2.13. The summed E-state index contributed by atoms with van der Waals surface area (Å²) in [6.45, 7) is 3.54. The van der Waals surface area contributed by atoms with Crippen molar-refractivity contribution in [2.75, 3.05) is 13.7 Å². The van der Waals surface area contributed by atoms with E-state index in [1.807, 2.05) is 13.8 Å². The molecule has 0 fully saturated rings. The number of methoxy groups -OCH3 is 1. The maximum atomic E-state index is 8.67. The van der Waals surface area contributed by atoms with Gasteiger partial charge < -0.3 is 20.3 Å². The minimum absolute atomic E-state index is 0.0563. The summed E-state index contributed by atoms with van der Waals surface area (Å²) in [6, 6.07) is -0.0563. The Bertz CT molecular complexity index is 93.7. The molecule has 0 aromatic heterocycles. The Morgan fingerprint density at radius 3 is 2.27 bits per heavy atom. The highest BCUT2D eigenvalue weighted by molar-refractivity contribution is 4.62. The van der Waals surface area contributed by atoms with Crippen LogP contribution in [-0.4, -0.2) is 37.3 Å². The van der Waals surface area contributed by atoms with Gasteiger partial charge in [0.25, 0.3) is 0 Å². The Balaban J connectivity index is 3.62. The summed E-state index contributed by atoms with van der Waals surface area (Å²) in [5.41, 5.74) is 5.53. The van der Waals surface area contributed by atoms with Gasteiger partial charge in [0, 0.05) is 13.2 Å². The summed E-state index contributed by atoms with van der Waals surface area (Å²) in [4.78, 5) is 0. The first-order valence-corrected chi connectivity index (χ1v) is 3.66. The molecule has 0 heterocycles. The second-order valence-electron chi connectivity index (χ2n) is 2.55. The van der Waals surface area contributed by atoms with Crippen LogP contribution < -0.4 is 5.73 Å². The number of aliphatic hydroxyl groups excluding tert-OH is 1. The van der Waals surface area contributed by atoms with E-state index in [1.165, 1.54) is 7.11 Å². The van der Waals surface area contributed by atoms with E-state index in [-0.39, 0.29) is 18.8 Å². The van der Waals surface area contributed by atoms with E-state index in [2.05, 4.69) is 0 Å². The first-order chi connectivity index (χ1) is 5.11. The van der Waals surface area contributed by atoms with Crippen LogP contribution in [0.25, 0.3) is 0 Å². The molecule has 0 rings (SSSR count). The second-order valence-corrected chi connectivity index (χ2v) is 2.55. The molecule has 0 saturated carbocycles. The zero-order chi connectivity index (χ0) is 8.85. The van der Waals surface area contributed by atoms with Crippen LogP contribution >= 0.6 is 0 Å². The first-order valence-electron chi connectivity index (χ1n) is 3.66. The third kappa shape index (κ3) is 4.31. The van der Waals surface area contributed by atoms with E-state index < -0.39 is 6.29 Å². The highest BCUT2D eigenvalue weighted by atomic mass is 16.7. The largest absolute Gasteiger partial charge is 0.391 e. The molecule has 0 saturated heterocycles. The summed E-state index contributed by atoms with van der Waals surface area (Å²) in [6.07, 6.45) is -0.664. The third-order valence-corrected chi connectivity index (χ3v) is 1.52. The van der Waals surface area contributed by atoms with Crippen LogP contribution in [0.5, 0.6) is 0 Å². The van der Waals surface area contributed by atoms with E-state index in [0.29, 0.717) is 0 Å². The van der Waals surface area contributed by atoms with Crippen molar-refractivity contribution in [3.63, 3.8) is 0 Å². The lowest BCUT2D eigenvalue weighted by molar-refractivity contribution is -0.173. The summed E-state index contributed by atoms with van der Waals surface area (Å²) >= 11 is 0. The zero-order valence-electron chi connectivity index (χ0n) is 7.28. The van der Waals surface area contributed by atoms with Gasteiger partial charge in [-0.15, -0.1) is 0 Å². The van der Waals surface area contributed by atoms with E-state index in [4.69, 9.17) is 20.3 Å². The molecule has 11 heavy (non-hydrogen) atoms. The molecule has 68 valence electrons. The van der Waals surface area contributed by atoms with Gasteiger partial charge in [-0.05, 0) is 13.8 Å². The predicted octanol–water partition coefficient (Wildman–Crippen LogP) is -0.296. The minimum atomic E-state index is -0.559. The fourth-order valence-electron chi connectivity index (χ4n) is 0.536. The highest BCUT2D eigenvalue weighted by Crippen LogP contribution is 2.01. The van der Waals surface area contributed by atoms with Gasteiger partial charge >= 0.3 is 0 Å². The summed E-state index contributed by atoms with van der Waals surface area (Å²) < 4.78 is 10.0. The number of hydrogen-bond donors (Lipinski definition) is 2. The number of aliphatic hydroxyl groups is 1. The van der Waals surface area contributed by atoms with Crippen LogP contribution in [-0.2, 0) is 9.47 Å². The second kappa shape index (κ2) is 5.49. The van der Waals surface area contributed by atoms with Crippen LogP contribution in [0, 0.1) is 0 Å². The number of ether oxygens (including phenoxy) is 2. The van der Waals surface area contributed by atoms with Gasteiger partial charge in [-0.1, -0.05) is 0 Å². The van der Waals surface area contributed by atoms with Crippen LogP contribution in [0.15, 0.2) is 0 Å². The van der Waals surface area contributed by atoms with Gasteiger partial charge in [-0.25, -0.2) is 0 Å². The standard InChI is InChI=1S/C7H17NO3/c1-5(8)6(2)11-7(4-9)10-3/h5-7,9H,4,8H2,1-3H3. The van der Waals surface area contributed by atoms with Crippen molar-refractivity contribution in [2.45, 2.75) is 32.3 Å². The molecule has 0 aliphatic heterocycles. The normalized spacial score (nSPS) is 19.4. The Kier molecular flexibility index (Phi) is 5.41. The van der Waals surface area contributed by atoms with E-state index in [0.717, 1.165) is 0 Å². The SMILES string of the molecule is COC(CO)OC(C)C(C)N. The van der Waals surface area contributed by atoms with Gasteiger partial charge in [-0.2, -0.15) is 0 Å². The average molecular weight is 163 g/mol. The van der Waals surface area contributed by atoms with Gasteiger partial charge in [0.1, 0.15) is 0 Å². The van der Waals surface area contributed by atoms with Crippen LogP contribution in [0.1, 0.15) is 13.8 Å². The van der Waals surface area contributed by atoms with E-state index >= 15 is 0 Å². The van der Waals surface area contributed by atoms with E-state index in [9.17, 15) is 0 Å². The minimum Gasteiger partial charge on any atom is -0.391 e. The van der Waals surface area contributed by atoms with Crippen molar-refractivity contribution < 1.29 is 14.6 Å². The van der Waals surface area contributed by atoms with Gasteiger partial charge in [-0.3, -0.25) is 0 Å². The number of hydrogen-bond acceptors (Lipinski definition) is 4. The molecule has 4 nitrogen and oxygen atoms in total. The summed E-state index contributed by atoms with van der Waals surface area (Å²) in [5.74, 6) is 0. The van der Waals surface area contributed by atoms with Crippen LogP contribution in [0.3, 0.4) is 0 Å². The fraction of sp³-hybridized carbons (Fsp3) is 1.00. The molecule has 0 amide bonds. The summed E-state index contributed by atoms with van der Waals surface area (Å²) in [5, 5.41) is 8.67. The predicted molar refractivity (Wildman–Crippen MR) is 42.1 cm³/mol. The Hall–Kier alpha value is -0.160. The Morgan fingerprint density at radius 1 is 1.45 bits per heavy atom. The van der Waals surface area contributed by atoms with Crippen LogP contribution in [0.2, 0.25) is 0 Å². The van der Waals surface area contributed by atoms with E-state index in [1.54, 1.807) is 0 Å². The molecule has 0 aromatic rings. The van der Waals surface area contributed by atoms with Crippen molar-refractivity contribution in [3.8, 4) is 0 Å². The molecule has 3 unspecified atom stereocenters. The fourth-order valence-corrected chi connectivity index (χ4v) is 0.536. The van der Waals surface area contributed by atoms with Gasteiger partial charge in [0.15, 0.2) is 6.29 Å². The third-order valence-electron chi connectivity index (χ3n) is 1.52. The molecule has 3 atom stereocenters. The molecule has 0 aliphatic rings. The van der Waals surface area contributed by atoms with Crippen LogP contribution in [0.4, 0.5) is 0 Å². The Labute approximate surface area is 67.3 Å². The van der Waals surface area contributed by atoms with Crippen molar-refractivity contribution in [1.82, 2.24) is 0 Å². The molecule has 0 aliphatic carbocycles. The molecule has 0 bridgehead atoms. The summed E-state index contributed by atoms with van der Waals surface area (Å²) in [7, 11) is 1.48. The van der Waals surface area contributed by atoms with Crippen molar-refractivity contribution >= 4 is 0 Å². The lowest BCUT2D eigenvalue weighted by Crippen LogP contribution is -2.36. The molecular formula is C7H17NO3. The molecular weight excluding hydrogens is 146 g/mol. The van der Waals surface area contributed by atoms with Crippen molar-refractivity contribution in [1.29, 1.82) is 0 Å². The topological polar surface area (TPSA) is 64.7 Å². The molecule has 4 heteroatoms. The number of rotatable bonds is 5. The quantitative estimate of drug-likeness (QED) is 0.546. The van der Waals surface area contributed by atoms with Crippen molar-refractivity contribution in [2.24, 2.45) is 5.73 Å². The van der Waals surface area contributed by atoms with Gasteiger partial charge in [0.05, 0.1) is 12.7 Å². The molecule has 3 N–H and O–H groups in total. The first kappa shape index (κ1) is 10.8. The Morgan fingerprint density at radius 2 is 2.00 bits per heavy atom. The zero-order valence-corrected chi connectivity index (χ0v) is 7.28. The lowest BCUT2D eigenvalue weighted by atomic mass is 10.2. The maximum absolute atomic E-state index is 8.67. The molecule has 0 aromatic carbocycles. The molecule has 0 radical (unpaired) electrons. The monoisotopic (exact) mass is 163 g/mol. The van der Waals surface area contributed by atoms with Crippen molar-refractivity contribution in [3.05, 3.63) is 0 Å².